The highest BCUT2D eigenvalue weighted by Crippen LogP contribution is 2.34. The molecule has 0 aliphatic carbocycles. The van der Waals surface area contributed by atoms with Gasteiger partial charge in [0, 0.05) is 15.3 Å². The summed E-state index contributed by atoms with van der Waals surface area (Å²) < 4.78 is 1.20. The Balaban J connectivity index is 1.88. The summed E-state index contributed by atoms with van der Waals surface area (Å²) in [6, 6.07) is 11.3. The van der Waals surface area contributed by atoms with E-state index in [9.17, 15) is 9.59 Å². The van der Waals surface area contributed by atoms with Crippen LogP contribution in [-0.4, -0.2) is 10.9 Å². The van der Waals surface area contributed by atoms with E-state index in [1.165, 1.54) is 15.6 Å². The van der Waals surface area contributed by atoms with E-state index in [4.69, 9.17) is 0 Å². The summed E-state index contributed by atoms with van der Waals surface area (Å²) in [6.45, 7) is 5.79. The fourth-order valence-electron chi connectivity index (χ4n) is 2.70. The Labute approximate surface area is 138 Å². The van der Waals surface area contributed by atoms with Gasteiger partial charge in [-0.25, -0.2) is 0 Å². The Kier molecular flexibility index (Phi) is 4.05. The lowest BCUT2D eigenvalue weighted by molar-refractivity contribution is 0.0939. The molecule has 3 rings (SSSR count). The molecule has 2 aromatic heterocycles. The summed E-state index contributed by atoms with van der Waals surface area (Å²) in [6.07, 6.45) is 0. The number of rotatable bonds is 3. The molecule has 0 radical (unpaired) electrons. The zero-order chi connectivity index (χ0) is 16.6. The summed E-state index contributed by atoms with van der Waals surface area (Å²) in [5, 5.41) is 4.14. The van der Waals surface area contributed by atoms with E-state index < -0.39 is 0 Å². The Morgan fingerprint density at radius 3 is 2.61 bits per heavy atom. The summed E-state index contributed by atoms with van der Waals surface area (Å²) in [7, 11) is 0. The Bertz CT molecular complexity index is 940. The van der Waals surface area contributed by atoms with Gasteiger partial charge in [-0.1, -0.05) is 18.2 Å². The van der Waals surface area contributed by atoms with E-state index in [0.29, 0.717) is 0 Å². The average molecular weight is 326 g/mol. The van der Waals surface area contributed by atoms with Crippen LogP contribution >= 0.6 is 11.3 Å². The second kappa shape index (κ2) is 6.01. The normalized spacial score (nSPS) is 12.3. The van der Waals surface area contributed by atoms with Crippen molar-refractivity contribution in [2.75, 3.05) is 0 Å². The van der Waals surface area contributed by atoms with Crippen LogP contribution in [0.5, 0.6) is 0 Å². The average Bonchev–Trinajstić information content (AvgIpc) is 2.85. The molecule has 0 spiro atoms. The fraction of sp³-hybridized carbons (Fsp3) is 0.222. The number of aromatic nitrogens is 1. The number of aromatic amines is 1. The number of benzene rings is 1. The first kappa shape index (κ1) is 15.5. The van der Waals surface area contributed by atoms with Crippen LogP contribution in [0.1, 0.15) is 39.5 Å². The van der Waals surface area contributed by atoms with Crippen LogP contribution in [0, 0.1) is 13.8 Å². The number of carbonyl (C=O) groups is 1. The molecule has 1 amide bonds. The lowest BCUT2D eigenvalue weighted by Crippen LogP contribution is -2.31. The fourth-order valence-corrected chi connectivity index (χ4v) is 3.91. The van der Waals surface area contributed by atoms with Crippen LogP contribution in [0.2, 0.25) is 0 Å². The molecule has 3 aromatic rings. The molecule has 1 aromatic carbocycles. The minimum Gasteiger partial charge on any atom is -0.345 e. The van der Waals surface area contributed by atoms with E-state index in [-0.39, 0.29) is 23.1 Å². The highest BCUT2D eigenvalue weighted by molar-refractivity contribution is 7.19. The number of pyridine rings is 1. The van der Waals surface area contributed by atoms with Gasteiger partial charge in [-0.05, 0) is 49.9 Å². The van der Waals surface area contributed by atoms with E-state index in [1.54, 1.807) is 30.4 Å². The summed E-state index contributed by atoms with van der Waals surface area (Å²) in [5.41, 5.74) is 1.69. The van der Waals surface area contributed by atoms with E-state index in [2.05, 4.69) is 29.4 Å². The molecule has 0 bridgehead atoms. The number of hydrogen-bond acceptors (Lipinski definition) is 3. The molecule has 1 atom stereocenters. The van der Waals surface area contributed by atoms with Gasteiger partial charge < -0.3 is 10.3 Å². The van der Waals surface area contributed by atoms with E-state index >= 15 is 0 Å². The SMILES string of the molecule is Cc1ccc(C(=O)N[C@H](C)c2sc3ccccc3c2C)c(=O)[nH]1. The maximum Gasteiger partial charge on any atom is 0.260 e. The van der Waals surface area contributed by atoms with Gasteiger partial charge in [-0.15, -0.1) is 11.3 Å². The molecule has 0 fully saturated rings. The lowest BCUT2D eigenvalue weighted by Gasteiger charge is -2.13. The topological polar surface area (TPSA) is 62.0 Å². The minimum absolute atomic E-state index is 0.140. The Morgan fingerprint density at radius 2 is 1.91 bits per heavy atom. The third kappa shape index (κ3) is 2.92. The maximum absolute atomic E-state index is 12.4. The monoisotopic (exact) mass is 326 g/mol. The largest absolute Gasteiger partial charge is 0.345 e. The van der Waals surface area contributed by atoms with Gasteiger partial charge in [-0.2, -0.15) is 0 Å². The van der Waals surface area contributed by atoms with Gasteiger partial charge in [0.25, 0.3) is 11.5 Å². The van der Waals surface area contributed by atoms with Crippen molar-refractivity contribution in [1.29, 1.82) is 0 Å². The molecule has 2 N–H and O–H groups in total. The van der Waals surface area contributed by atoms with Crippen LogP contribution in [0.15, 0.2) is 41.2 Å². The standard InChI is InChI=1S/C18H18N2O2S/c1-10-8-9-14(17(21)19-10)18(22)20-12(3)16-11(2)13-6-4-5-7-15(13)23-16/h4-9,12H,1-3H3,(H,19,21)(H,20,22)/t12-/m1/s1. The molecular formula is C18H18N2O2S. The highest BCUT2D eigenvalue weighted by Gasteiger charge is 2.18. The molecule has 4 nitrogen and oxygen atoms in total. The first-order valence-corrected chi connectivity index (χ1v) is 8.28. The second-order valence-electron chi connectivity index (χ2n) is 5.67. The number of carbonyl (C=O) groups excluding carboxylic acids is 1. The smallest absolute Gasteiger partial charge is 0.260 e. The zero-order valence-electron chi connectivity index (χ0n) is 13.3. The van der Waals surface area contributed by atoms with Gasteiger partial charge in [0.05, 0.1) is 6.04 Å². The van der Waals surface area contributed by atoms with Gasteiger partial charge in [0.2, 0.25) is 0 Å². The van der Waals surface area contributed by atoms with Crippen LogP contribution in [0.3, 0.4) is 0 Å². The molecule has 2 heterocycles. The molecule has 5 heteroatoms. The second-order valence-corrected chi connectivity index (χ2v) is 6.75. The predicted molar refractivity (Wildman–Crippen MR) is 94.2 cm³/mol. The van der Waals surface area contributed by atoms with Crippen molar-refractivity contribution in [3.63, 3.8) is 0 Å². The van der Waals surface area contributed by atoms with Crippen molar-refractivity contribution in [3.05, 3.63) is 68.4 Å². The summed E-state index contributed by atoms with van der Waals surface area (Å²) in [4.78, 5) is 28.0. The number of nitrogens with one attached hydrogen (secondary N) is 2. The molecule has 118 valence electrons. The van der Waals surface area contributed by atoms with Gasteiger partial charge in [0.15, 0.2) is 0 Å². The van der Waals surface area contributed by atoms with Crippen molar-refractivity contribution in [3.8, 4) is 0 Å². The third-order valence-electron chi connectivity index (χ3n) is 3.92. The van der Waals surface area contributed by atoms with Crippen LogP contribution in [0.25, 0.3) is 10.1 Å². The number of hydrogen-bond donors (Lipinski definition) is 2. The molecule has 0 saturated carbocycles. The minimum atomic E-state index is -0.359. The van der Waals surface area contributed by atoms with Crippen molar-refractivity contribution >= 4 is 27.3 Å². The first-order chi connectivity index (χ1) is 11.0. The van der Waals surface area contributed by atoms with Gasteiger partial charge >= 0.3 is 0 Å². The number of H-pyrrole nitrogens is 1. The summed E-state index contributed by atoms with van der Waals surface area (Å²) >= 11 is 1.68. The van der Waals surface area contributed by atoms with Crippen molar-refractivity contribution in [1.82, 2.24) is 10.3 Å². The van der Waals surface area contributed by atoms with Crippen LogP contribution in [0.4, 0.5) is 0 Å². The number of aryl methyl sites for hydroxylation is 2. The van der Waals surface area contributed by atoms with Crippen LogP contribution in [-0.2, 0) is 0 Å². The van der Waals surface area contributed by atoms with Crippen LogP contribution < -0.4 is 10.9 Å². The Hall–Kier alpha value is -2.40. The molecule has 0 aliphatic rings. The van der Waals surface area contributed by atoms with Crippen molar-refractivity contribution in [2.24, 2.45) is 0 Å². The van der Waals surface area contributed by atoms with Crippen molar-refractivity contribution in [2.45, 2.75) is 26.8 Å². The molecular weight excluding hydrogens is 308 g/mol. The highest BCUT2D eigenvalue weighted by atomic mass is 32.1. The third-order valence-corrected chi connectivity index (χ3v) is 5.38. The Morgan fingerprint density at radius 1 is 1.17 bits per heavy atom. The van der Waals surface area contributed by atoms with Crippen molar-refractivity contribution < 1.29 is 4.79 Å². The molecule has 0 aliphatic heterocycles. The maximum atomic E-state index is 12.4. The molecule has 23 heavy (non-hydrogen) atoms. The zero-order valence-corrected chi connectivity index (χ0v) is 14.1. The predicted octanol–water partition coefficient (Wildman–Crippen LogP) is 3.70. The van der Waals surface area contributed by atoms with E-state index in [1.807, 2.05) is 19.1 Å². The molecule has 0 unspecified atom stereocenters. The number of amides is 1. The number of thiophene rings is 1. The number of fused-ring (bicyclic) bond motifs is 1. The quantitative estimate of drug-likeness (QED) is 0.771. The van der Waals surface area contributed by atoms with E-state index in [0.717, 1.165) is 10.6 Å². The summed E-state index contributed by atoms with van der Waals surface area (Å²) in [5.74, 6) is -0.351. The first-order valence-electron chi connectivity index (χ1n) is 7.46. The lowest BCUT2D eigenvalue weighted by atomic mass is 10.1. The molecule has 0 saturated heterocycles. The van der Waals surface area contributed by atoms with Gasteiger partial charge in [-0.3, -0.25) is 9.59 Å². The van der Waals surface area contributed by atoms with Gasteiger partial charge in [0.1, 0.15) is 5.56 Å².